The van der Waals surface area contributed by atoms with Gasteiger partial charge in [-0.15, -0.1) is 0 Å². The molecule has 2 heterocycles. The second-order valence-electron chi connectivity index (χ2n) is 8.14. The molecule has 0 N–H and O–H groups in total. The van der Waals surface area contributed by atoms with Gasteiger partial charge in [-0.25, -0.2) is 0 Å². The lowest BCUT2D eigenvalue weighted by Gasteiger charge is -2.31. The predicted molar refractivity (Wildman–Crippen MR) is 129 cm³/mol. The van der Waals surface area contributed by atoms with Crippen LogP contribution in [0.2, 0.25) is 5.02 Å². The fourth-order valence-corrected chi connectivity index (χ4v) is 4.42. The molecule has 1 saturated heterocycles. The van der Waals surface area contributed by atoms with Gasteiger partial charge in [0.2, 0.25) is 0 Å². The summed E-state index contributed by atoms with van der Waals surface area (Å²) in [6, 6.07) is 15.6. The number of benzene rings is 2. The van der Waals surface area contributed by atoms with E-state index in [9.17, 15) is 5.26 Å². The highest BCUT2D eigenvalue weighted by molar-refractivity contribution is 6.30. The topological polar surface area (TPSA) is 50.4 Å². The monoisotopic (exact) mass is 449 g/mol. The van der Waals surface area contributed by atoms with Gasteiger partial charge in [0.15, 0.2) is 0 Å². The van der Waals surface area contributed by atoms with Gasteiger partial charge in [0.05, 0.1) is 24.8 Å². The molecule has 0 radical (unpaired) electrons. The molecule has 0 spiro atoms. The molecule has 0 bridgehead atoms. The molecule has 0 atom stereocenters. The van der Waals surface area contributed by atoms with Gasteiger partial charge in [-0.2, -0.15) is 5.26 Å². The van der Waals surface area contributed by atoms with Crippen LogP contribution in [0, 0.1) is 17.2 Å². The predicted octanol–water partition coefficient (Wildman–Crippen LogP) is 5.83. The van der Waals surface area contributed by atoms with Crippen molar-refractivity contribution >= 4 is 28.7 Å². The second-order valence-corrected chi connectivity index (χ2v) is 8.57. The number of rotatable bonds is 8. The van der Waals surface area contributed by atoms with Crippen molar-refractivity contribution in [2.45, 2.75) is 19.3 Å². The van der Waals surface area contributed by atoms with E-state index in [2.05, 4.69) is 17.0 Å². The molecule has 6 heteroatoms. The van der Waals surface area contributed by atoms with Crippen molar-refractivity contribution in [2.75, 3.05) is 33.4 Å². The molecular formula is C26H28ClN3O2. The first-order chi connectivity index (χ1) is 15.7. The standard InChI is InChI=1S/C26H28ClN3O2/c1-31-25-5-2-4-24-21(18-28)19-30(26(24)25)14-3-13-29-15-10-20(11-16-29)12-17-32-23-8-6-22(27)7-9-23/h2-9,14,19-20H,10-13,15-17H2,1H3/b14-3+. The number of hydrogen-bond acceptors (Lipinski definition) is 4. The van der Waals surface area contributed by atoms with Crippen LogP contribution in [-0.2, 0) is 0 Å². The number of likely N-dealkylation sites (tertiary alicyclic amines) is 1. The van der Waals surface area contributed by atoms with E-state index >= 15 is 0 Å². The van der Waals surface area contributed by atoms with Gasteiger partial charge in [-0.1, -0.05) is 29.8 Å². The third-order valence-electron chi connectivity index (χ3n) is 6.10. The Labute approximate surface area is 194 Å². The summed E-state index contributed by atoms with van der Waals surface area (Å²) in [5.74, 6) is 2.36. The van der Waals surface area contributed by atoms with Crippen LogP contribution in [0.15, 0.2) is 54.7 Å². The lowest BCUT2D eigenvalue weighted by molar-refractivity contribution is 0.175. The molecule has 5 nitrogen and oxygen atoms in total. The fraction of sp³-hybridized carbons (Fsp3) is 0.346. The molecule has 1 fully saturated rings. The first kappa shape index (κ1) is 22.3. The maximum absolute atomic E-state index is 9.45. The van der Waals surface area contributed by atoms with Gasteiger partial charge in [0.25, 0.3) is 0 Å². The molecule has 1 aliphatic heterocycles. The van der Waals surface area contributed by atoms with Crippen molar-refractivity contribution in [2.24, 2.45) is 5.92 Å². The summed E-state index contributed by atoms with van der Waals surface area (Å²) >= 11 is 5.91. The summed E-state index contributed by atoms with van der Waals surface area (Å²) in [5.41, 5.74) is 1.59. The molecule has 3 aromatic rings. The van der Waals surface area contributed by atoms with E-state index in [0.717, 1.165) is 60.1 Å². The van der Waals surface area contributed by atoms with Crippen LogP contribution < -0.4 is 9.47 Å². The summed E-state index contributed by atoms with van der Waals surface area (Å²) in [7, 11) is 1.66. The summed E-state index contributed by atoms with van der Waals surface area (Å²) < 4.78 is 13.4. The average molecular weight is 450 g/mol. The van der Waals surface area contributed by atoms with Gasteiger partial charge >= 0.3 is 0 Å². The molecule has 0 saturated carbocycles. The minimum Gasteiger partial charge on any atom is -0.495 e. The van der Waals surface area contributed by atoms with Crippen molar-refractivity contribution in [3.05, 3.63) is 65.3 Å². The number of para-hydroxylation sites is 1. The smallest absolute Gasteiger partial charge is 0.143 e. The quantitative estimate of drug-likeness (QED) is 0.434. The second kappa shape index (κ2) is 10.6. The molecule has 32 heavy (non-hydrogen) atoms. The van der Waals surface area contributed by atoms with E-state index in [0.29, 0.717) is 11.5 Å². The highest BCUT2D eigenvalue weighted by Gasteiger charge is 2.18. The molecular weight excluding hydrogens is 422 g/mol. The van der Waals surface area contributed by atoms with Gasteiger partial charge < -0.3 is 14.0 Å². The van der Waals surface area contributed by atoms with E-state index < -0.39 is 0 Å². The van der Waals surface area contributed by atoms with Crippen molar-refractivity contribution in [3.63, 3.8) is 0 Å². The van der Waals surface area contributed by atoms with Crippen molar-refractivity contribution in [3.8, 4) is 17.6 Å². The van der Waals surface area contributed by atoms with E-state index in [4.69, 9.17) is 21.1 Å². The van der Waals surface area contributed by atoms with Gasteiger partial charge in [-0.3, -0.25) is 4.90 Å². The third-order valence-corrected chi connectivity index (χ3v) is 6.35. The van der Waals surface area contributed by atoms with Gasteiger partial charge in [0, 0.05) is 29.4 Å². The molecule has 0 unspecified atom stereocenters. The molecule has 1 aromatic heterocycles. The van der Waals surface area contributed by atoms with Crippen LogP contribution in [0.25, 0.3) is 17.1 Å². The van der Waals surface area contributed by atoms with Crippen LogP contribution in [0.4, 0.5) is 0 Å². The third kappa shape index (κ3) is 5.27. The average Bonchev–Trinajstić information content (AvgIpc) is 3.19. The Morgan fingerprint density at radius 1 is 1.16 bits per heavy atom. The largest absolute Gasteiger partial charge is 0.495 e. The van der Waals surface area contributed by atoms with E-state index in [-0.39, 0.29) is 0 Å². The zero-order valence-electron chi connectivity index (χ0n) is 18.3. The highest BCUT2D eigenvalue weighted by atomic mass is 35.5. The molecule has 2 aromatic carbocycles. The Bertz CT molecular complexity index is 1110. The first-order valence-corrected chi connectivity index (χ1v) is 11.4. The SMILES string of the molecule is COc1cccc2c(C#N)cn(/C=C/CN3CCC(CCOc4ccc(Cl)cc4)CC3)c12. The van der Waals surface area contributed by atoms with Crippen molar-refractivity contribution in [1.29, 1.82) is 5.26 Å². The zero-order valence-corrected chi connectivity index (χ0v) is 19.1. The van der Waals surface area contributed by atoms with Crippen LogP contribution in [0.3, 0.4) is 0 Å². The maximum Gasteiger partial charge on any atom is 0.143 e. The summed E-state index contributed by atoms with van der Waals surface area (Å²) in [6.07, 6.45) is 9.54. The maximum atomic E-state index is 9.45. The van der Waals surface area contributed by atoms with Gasteiger partial charge in [0.1, 0.15) is 17.6 Å². The lowest BCUT2D eigenvalue weighted by atomic mass is 9.94. The summed E-state index contributed by atoms with van der Waals surface area (Å²) in [6.45, 7) is 3.82. The zero-order chi connectivity index (χ0) is 22.3. The molecule has 0 amide bonds. The molecule has 0 aliphatic carbocycles. The van der Waals surface area contributed by atoms with Crippen LogP contribution in [-0.4, -0.2) is 42.8 Å². The van der Waals surface area contributed by atoms with Crippen LogP contribution >= 0.6 is 11.6 Å². The number of nitrogens with zero attached hydrogens (tertiary/aromatic N) is 3. The number of hydrogen-bond donors (Lipinski definition) is 0. The Morgan fingerprint density at radius 3 is 2.66 bits per heavy atom. The summed E-state index contributed by atoms with van der Waals surface area (Å²) in [5, 5.41) is 11.1. The Kier molecular flexibility index (Phi) is 7.36. The number of ether oxygens (including phenoxy) is 2. The normalized spacial score (nSPS) is 15.3. The molecule has 1 aliphatic rings. The van der Waals surface area contributed by atoms with Gasteiger partial charge in [-0.05, 0) is 68.6 Å². The van der Waals surface area contributed by atoms with Crippen LogP contribution in [0.1, 0.15) is 24.8 Å². The number of piperidine rings is 1. The number of nitriles is 1. The minimum atomic E-state index is 0.658. The first-order valence-electron chi connectivity index (χ1n) is 11.0. The van der Waals surface area contributed by atoms with E-state index in [1.165, 1.54) is 12.8 Å². The number of fused-ring (bicyclic) bond motifs is 1. The Balaban J connectivity index is 1.26. The number of methoxy groups -OCH3 is 1. The minimum absolute atomic E-state index is 0.658. The Morgan fingerprint density at radius 2 is 1.94 bits per heavy atom. The highest BCUT2D eigenvalue weighted by Crippen LogP contribution is 2.30. The summed E-state index contributed by atoms with van der Waals surface area (Å²) in [4.78, 5) is 2.47. The number of halogens is 1. The van der Waals surface area contributed by atoms with E-state index in [1.807, 2.05) is 59.4 Å². The van der Waals surface area contributed by atoms with Crippen LogP contribution in [0.5, 0.6) is 11.5 Å². The van der Waals surface area contributed by atoms with E-state index in [1.54, 1.807) is 7.11 Å². The lowest BCUT2D eigenvalue weighted by Crippen LogP contribution is -2.34. The molecule has 4 rings (SSSR count). The van der Waals surface area contributed by atoms with Crippen molar-refractivity contribution in [1.82, 2.24) is 9.47 Å². The Hall–Kier alpha value is -2.94. The van der Waals surface area contributed by atoms with Crippen molar-refractivity contribution < 1.29 is 9.47 Å². The number of aromatic nitrogens is 1. The molecule has 166 valence electrons. The fourth-order valence-electron chi connectivity index (χ4n) is 4.29.